The first-order chi connectivity index (χ1) is 12.3. The number of hydrogen-bond acceptors (Lipinski definition) is 4. The van der Waals surface area contributed by atoms with Gasteiger partial charge < -0.3 is 14.9 Å². The van der Waals surface area contributed by atoms with Crippen LogP contribution >= 0.6 is 0 Å². The molecule has 0 bridgehead atoms. The zero-order valence-electron chi connectivity index (χ0n) is 15.2. The minimum Gasteiger partial charge on any atom is -0.486 e. The second-order valence-corrected chi connectivity index (χ2v) is 6.56. The van der Waals surface area contributed by atoms with E-state index in [2.05, 4.69) is 5.32 Å². The summed E-state index contributed by atoms with van der Waals surface area (Å²) in [5.74, 6) is -1.55. The molecule has 0 saturated heterocycles. The van der Waals surface area contributed by atoms with Gasteiger partial charge in [-0.25, -0.2) is 4.39 Å². The molecule has 5 nitrogen and oxygen atoms in total. The Bertz CT molecular complexity index is 793. The molecule has 0 aliphatic heterocycles. The molecule has 0 heterocycles. The van der Waals surface area contributed by atoms with Crippen molar-refractivity contribution in [1.29, 1.82) is 0 Å². The molecule has 0 spiro atoms. The number of benzene rings is 2. The minimum absolute atomic E-state index is 0.109. The van der Waals surface area contributed by atoms with Crippen molar-refractivity contribution in [2.75, 3.05) is 6.61 Å². The van der Waals surface area contributed by atoms with E-state index in [1.54, 1.807) is 6.07 Å². The van der Waals surface area contributed by atoms with Crippen LogP contribution in [0.15, 0.2) is 36.4 Å². The molecule has 1 atom stereocenters. The summed E-state index contributed by atoms with van der Waals surface area (Å²) in [5.41, 5.74) is 2.34. The molecular formula is C20H24FNO4. The van der Waals surface area contributed by atoms with Gasteiger partial charge in [-0.15, -0.1) is 0 Å². The lowest BCUT2D eigenvalue weighted by molar-refractivity contribution is -0.145. The number of aliphatic carboxylic acids is 1. The van der Waals surface area contributed by atoms with Gasteiger partial charge >= 0.3 is 5.97 Å². The van der Waals surface area contributed by atoms with Crippen molar-refractivity contribution in [3.05, 3.63) is 64.5 Å². The molecule has 0 fully saturated rings. The Morgan fingerprint density at radius 2 is 2.00 bits per heavy atom. The molecule has 0 amide bonds. The number of carboxylic acids is 1. The summed E-state index contributed by atoms with van der Waals surface area (Å²) in [6, 6.07) is 10.4. The monoisotopic (exact) mass is 361 g/mol. The van der Waals surface area contributed by atoms with Crippen LogP contribution in [0.1, 0.15) is 29.2 Å². The topological polar surface area (TPSA) is 78.8 Å². The molecule has 0 radical (unpaired) electrons. The van der Waals surface area contributed by atoms with Gasteiger partial charge in [-0.05, 0) is 55.2 Å². The molecule has 0 aromatic heterocycles. The van der Waals surface area contributed by atoms with Crippen molar-refractivity contribution >= 4 is 5.97 Å². The zero-order chi connectivity index (χ0) is 19.3. The first-order valence-electron chi connectivity index (χ1n) is 8.32. The average Bonchev–Trinajstić information content (AvgIpc) is 2.61. The van der Waals surface area contributed by atoms with Crippen molar-refractivity contribution < 1.29 is 24.1 Å². The number of rotatable bonds is 8. The SMILES string of the molecule is Cc1cccc(COc2ccc(CN[C@@](C)(CO)C(=O)O)cc2F)c1C. The summed E-state index contributed by atoms with van der Waals surface area (Å²) in [6.07, 6.45) is 0. The van der Waals surface area contributed by atoms with E-state index in [9.17, 15) is 14.3 Å². The van der Waals surface area contributed by atoms with Gasteiger partial charge in [-0.3, -0.25) is 10.1 Å². The molecule has 2 rings (SSSR count). The molecule has 26 heavy (non-hydrogen) atoms. The molecule has 2 aromatic rings. The van der Waals surface area contributed by atoms with Crippen LogP contribution in [0.4, 0.5) is 4.39 Å². The Labute approximate surface area is 152 Å². The Morgan fingerprint density at radius 1 is 1.27 bits per heavy atom. The van der Waals surface area contributed by atoms with Crippen molar-refractivity contribution in [2.45, 2.75) is 39.5 Å². The maximum absolute atomic E-state index is 14.3. The highest BCUT2D eigenvalue weighted by Crippen LogP contribution is 2.21. The molecule has 3 N–H and O–H groups in total. The van der Waals surface area contributed by atoms with Crippen molar-refractivity contribution in [3.8, 4) is 5.75 Å². The van der Waals surface area contributed by atoms with E-state index < -0.39 is 23.9 Å². The standard InChI is InChI=1S/C20H24FNO4/c1-13-5-4-6-16(14(13)2)11-26-18-8-7-15(9-17(18)21)10-22-20(3,12-23)19(24)25/h4-9,22-23H,10-12H2,1-3H3,(H,24,25)/t20-/m0/s1. The van der Waals surface area contributed by atoms with Gasteiger partial charge in [-0.1, -0.05) is 24.3 Å². The normalized spacial score (nSPS) is 13.3. The number of ether oxygens (including phenoxy) is 1. The fourth-order valence-corrected chi connectivity index (χ4v) is 2.39. The van der Waals surface area contributed by atoms with Gasteiger partial charge in [0.05, 0.1) is 6.61 Å². The van der Waals surface area contributed by atoms with Crippen LogP contribution in [0, 0.1) is 19.7 Å². The van der Waals surface area contributed by atoms with E-state index in [4.69, 9.17) is 9.84 Å². The number of carboxylic acid groups (broad SMARTS) is 1. The first-order valence-corrected chi connectivity index (χ1v) is 8.32. The maximum Gasteiger partial charge on any atom is 0.326 e. The summed E-state index contributed by atoms with van der Waals surface area (Å²) in [5, 5.41) is 21.1. The van der Waals surface area contributed by atoms with Crippen molar-refractivity contribution in [3.63, 3.8) is 0 Å². The largest absolute Gasteiger partial charge is 0.486 e. The zero-order valence-corrected chi connectivity index (χ0v) is 15.2. The summed E-state index contributed by atoms with van der Waals surface area (Å²) in [7, 11) is 0. The summed E-state index contributed by atoms with van der Waals surface area (Å²) in [6.45, 7) is 5.19. The molecule has 0 aliphatic carbocycles. The number of aliphatic hydroxyl groups is 1. The third kappa shape index (κ3) is 4.59. The van der Waals surface area contributed by atoms with Crippen LogP contribution < -0.4 is 10.1 Å². The fourth-order valence-electron chi connectivity index (χ4n) is 2.39. The van der Waals surface area contributed by atoms with Gasteiger partial charge in [0.25, 0.3) is 0 Å². The summed E-state index contributed by atoms with van der Waals surface area (Å²) >= 11 is 0. The third-order valence-electron chi connectivity index (χ3n) is 4.57. The first kappa shape index (κ1) is 19.9. The number of nitrogens with one attached hydrogen (secondary N) is 1. The third-order valence-corrected chi connectivity index (χ3v) is 4.57. The Balaban J connectivity index is 2.03. The molecular weight excluding hydrogens is 337 g/mol. The fraction of sp³-hybridized carbons (Fsp3) is 0.350. The smallest absolute Gasteiger partial charge is 0.326 e. The Morgan fingerprint density at radius 3 is 2.62 bits per heavy atom. The molecule has 2 aromatic carbocycles. The van der Waals surface area contributed by atoms with E-state index in [0.717, 1.165) is 16.7 Å². The van der Waals surface area contributed by atoms with Crippen LogP contribution in [-0.4, -0.2) is 28.3 Å². The van der Waals surface area contributed by atoms with E-state index in [1.165, 1.54) is 19.1 Å². The number of hydrogen-bond donors (Lipinski definition) is 3. The van der Waals surface area contributed by atoms with E-state index >= 15 is 0 Å². The highest BCUT2D eigenvalue weighted by Gasteiger charge is 2.31. The van der Waals surface area contributed by atoms with Gasteiger partial charge in [0.2, 0.25) is 0 Å². The number of aryl methyl sites for hydroxylation is 1. The van der Waals surface area contributed by atoms with E-state index in [0.29, 0.717) is 5.56 Å². The van der Waals surface area contributed by atoms with Crippen molar-refractivity contribution in [1.82, 2.24) is 5.32 Å². The van der Waals surface area contributed by atoms with Gasteiger partial charge in [0.1, 0.15) is 12.1 Å². The minimum atomic E-state index is -1.48. The van der Waals surface area contributed by atoms with Crippen LogP contribution in [0.25, 0.3) is 0 Å². The lowest BCUT2D eigenvalue weighted by Gasteiger charge is -2.23. The quantitative estimate of drug-likeness (QED) is 0.674. The second kappa shape index (κ2) is 8.29. The Kier molecular flexibility index (Phi) is 6.34. The van der Waals surface area contributed by atoms with Crippen LogP contribution in [-0.2, 0) is 17.9 Å². The Hall–Kier alpha value is -2.44. The number of carbonyl (C=O) groups is 1. The summed E-state index contributed by atoms with van der Waals surface area (Å²) in [4.78, 5) is 11.1. The lowest BCUT2D eigenvalue weighted by Crippen LogP contribution is -2.52. The van der Waals surface area contributed by atoms with Gasteiger partial charge in [-0.2, -0.15) is 0 Å². The predicted octanol–water partition coefficient (Wildman–Crippen LogP) is 2.95. The van der Waals surface area contributed by atoms with Gasteiger partial charge in [0, 0.05) is 6.54 Å². The van der Waals surface area contributed by atoms with Crippen molar-refractivity contribution in [2.24, 2.45) is 0 Å². The van der Waals surface area contributed by atoms with Gasteiger partial charge in [0.15, 0.2) is 11.6 Å². The van der Waals surface area contributed by atoms with Crippen LogP contribution in [0.3, 0.4) is 0 Å². The highest BCUT2D eigenvalue weighted by molar-refractivity contribution is 5.78. The molecule has 0 unspecified atom stereocenters. The van der Waals surface area contributed by atoms with Crippen LogP contribution in [0.2, 0.25) is 0 Å². The van der Waals surface area contributed by atoms with Crippen LogP contribution in [0.5, 0.6) is 5.75 Å². The molecule has 6 heteroatoms. The second-order valence-electron chi connectivity index (χ2n) is 6.56. The highest BCUT2D eigenvalue weighted by atomic mass is 19.1. The maximum atomic E-state index is 14.3. The molecule has 0 aliphatic rings. The summed E-state index contributed by atoms with van der Waals surface area (Å²) < 4.78 is 19.9. The molecule has 0 saturated carbocycles. The lowest BCUT2D eigenvalue weighted by atomic mass is 10.0. The average molecular weight is 361 g/mol. The molecule has 140 valence electrons. The predicted molar refractivity (Wildman–Crippen MR) is 96.6 cm³/mol. The van der Waals surface area contributed by atoms with E-state index in [1.807, 2.05) is 32.0 Å². The number of halogens is 1. The number of aliphatic hydroxyl groups excluding tert-OH is 1. The van der Waals surface area contributed by atoms with E-state index in [-0.39, 0.29) is 18.9 Å².